The maximum Gasteiger partial charge on any atom is 0.416 e. The molecule has 1 rings (SSSR count). The van der Waals surface area contributed by atoms with Gasteiger partial charge in [-0.15, -0.1) is 0 Å². The zero-order valence-corrected chi connectivity index (χ0v) is 11.0. The first-order valence-electron chi connectivity index (χ1n) is 5.74. The van der Waals surface area contributed by atoms with Crippen LogP contribution in [0.25, 0.3) is 0 Å². The number of amides is 1. The fourth-order valence-corrected chi connectivity index (χ4v) is 1.44. The van der Waals surface area contributed by atoms with E-state index in [9.17, 15) is 22.8 Å². The largest absolute Gasteiger partial charge is 0.416 e. The number of alkyl halides is 3. The topological polar surface area (TPSA) is 70.0 Å². The second-order valence-corrected chi connectivity index (χ2v) is 4.27. The first-order valence-corrected chi connectivity index (χ1v) is 5.74. The summed E-state index contributed by atoms with van der Waals surface area (Å²) in [6, 6.07) is 5.20. The van der Waals surface area contributed by atoms with Crippen LogP contribution in [0.2, 0.25) is 0 Å². The van der Waals surface area contributed by atoms with Gasteiger partial charge in [0.1, 0.15) is 0 Å². The highest BCUT2D eigenvalue weighted by Gasteiger charge is 2.30. The van der Waals surface area contributed by atoms with Gasteiger partial charge in [-0.2, -0.15) is 18.4 Å². The van der Waals surface area contributed by atoms with Crippen molar-refractivity contribution in [2.75, 3.05) is 5.32 Å². The summed E-state index contributed by atoms with van der Waals surface area (Å²) in [6.45, 7) is 4.71. The van der Waals surface area contributed by atoms with Gasteiger partial charge in [0, 0.05) is 5.69 Å². The van der Waals surface area contributed by atoms with Crippen molar-refractivity contribution in [2.24, 2.45) is 5.92 Å². The second kappa shape index (κ2) is 6.22. The first kappa shape index (κ1) is 16.4. The molecule has 1 amide bonds. The lowest BCUT2D eigenvalue weighted by Crippen LogP contribution is -2.28. The number of benzene rings is 1. The van der Waals surface area contributed by atoms with Gasteiger partial charge in [-0.25, -0.2) is 0 Å². The Bertz CT molecular complexity index is 613. The standard InChI is InChI=1S/C14H11F3N2O2/c1-8(2)12(20)11(7-18)13(21)19-10-5-3-9(4-6-10)14(15,16)17/h3-6,11H,1H2,2H3,(H,19,21). The van der Waals surface area contributed by atoms with Gasteiger partial charge in [0.05, 0.1) is 11.6 Å². The first-order chi connectivity index (χ1) is 9.66. The number of carbonyl (C=O) groups is 2. The highest BCUT2D eigenvalue weighted by molar-refractivity contribution is 6.14. The van der Waals surface area contributed by atoms with Gasteiger partial charge in [0.15, 0.2) is 11.7 Å². The monoisotopic (exact) mass is 296 g/mol. The molecule has 0 fully saturated rings. The third-order valence-electron chi connectivity index (χ3n) is 2.55. The highest BCUT2D eigenvalue weighted by Crippen LogP contribution is 2.29. The summed E-state index contributed by atoms with van der Waals surface area (Å²) in [6.07, 6.45) is -4.48. The molecule has 0 aliphatic rings. The van der Waals surface area contributed by atoms with Crippen molar-refractivity contribution < 1.29 is 22.8 Å². The molecule has 7 heteroatoms. The third kappa shape index (κ3) is 4.18. The summed E-state index contributed by atoms with van der Waals surface area (Å²) in [7, 11) is 0. The number of allylic oxidation sites excluding steroid dienone is 1. The molecule has 0 aliphatic heterocycles. The van der Waals surface area contributed by atoms with Crippen molar-refractivity contribution in [3.63, 3.8) is 0 Å². The molecule has 21 heavy (non-hydrogen) atoms. The van der Waals surface area contributed by atoms with Crippen LogP contribution in [0.15, 0.2) is 36.4 Å². The number of anilines is 1. The number of Topliss-reactive ketones (excluding diaryl/α,β-unsaturated/α-hetero) is 1. The Labute approximate surface area is 118 Å². The van der Waals surface area contributed by atoms with E-state index in [2.05, 4.69) is 11.9 Å². The van der Waals surface area contributed by atoms with E-state index in [1.54, 1.807) is 0 Å². The summed E-state index contributed by atoms with van der Waals surface area (Å²) in [5.41, 5.74) is -0.762. The molecule has 1 aromatic rings. The number of carbonyl (C=O) groups excluding carboxylic acids is 2. The van der Waals surface area contributed by atoms with Gasteiger partial charge >= 0.3 is 6.18 Å². The Kier molecular flexibility index (Phi) is 4.87. The molecule has 1 N–H and O–H groups in total. The Morgan fingerprint density at radius 1 is 1.29 bits per heavy atom. The summed E-state index contributed by atoms with van der Waals surface area (Å²) < 4.78 is 37.1. The van der Waals surface area contributed by atoms with Crippen molar-refractivity contribution in [3.8, 4) is 6.07 Å². The van der Waals surface area contributed by atoms with Crippen LogP contribution >= 0.6 is 0 Å². The Balaban J connectivity index is 2.86. The number of rotatable bonds is 4. The Hall–Kier alpha value is -2.62. The van der Waals surface area contributed by atoms with Gasteiger partial charge in [-0.1, -0.05) is 6.58 Å². The van der Waals surface area contributed by atoms with Gasteiger partial charge < -0.3 is 5.32 Å². The Morgan fingerprint density at radius 2 is 1.81 bits per heavy atom. The van der Waals surface area contributed by atoms with Crippen LogP contribution in [0, 0.1) is 17.2 Å². The lowest BCUT2D eigenvalue weighted by molar-refractivity contribution is -0.137. The fourth-order valence-electron chi connectivity index (χ4n) is 1.44. The van der Waals surface area contributed by atoms with Crippen LogP contribution in [-0.4, -0.2) is 11.7 Å². The maximum absolute atomic E-state index is 12.4. The fraction of sp³-hybridized carbons (Fsp3) is 0.214. The predicted octanol–water partition coefficient (Wildman–Crippen LogP) is 2.93. The Morgan fingerprint density at radius 3 is 2.19 bits per heavy atom. The van der Waals surface area contributed by atoms with Crippen molar-refractivity contribution >= 4 is 17.4 Å². The van der Waals surface area contributed by atoms with Crippen LogP contribution in [0.3, 0.4) is 0 Å². The zero-order valence-electron chi connectivity index (χ0n) is 11.0. The van der Waals surface area contributed by atoms with Crippen molar-refractivity contribution in [1.82, 2.24) is 0 Å². The van der Waals surface area contributed by atoms with Crippen molar-refractivity contribution in [2.45, 2.75) is 13.1 Å². The number of hydrogen-bond acceptors (Lipinski definition) is 3. The number of hydrogen-bond donors (Lipinski definition) is 1. The molecule has 4 nitrogen and oxygen atoms in total. The number of nitrogens with zero attached hydrogens (tertiary/aromatic N) is 1. The lowest BCUT2D eigenvalue weighted by Gasteiger charge is -2.11. The van der Waals surface area contributed by atoms with Crippen LogP contribution in [0.5, 0.6) is 0 Å². The van der Waals surface area contributed by atoms with Crippen LogP contribution in [-0.2, 0) is 15.8 Å². The van der Waals surface area contributed by atoms with E-state index in [0.717, 1.165) is 24.3 Å². The molecule has 1 unspecified atom stereocenters. The summed E-state index contributed by atoms with van der Waals surface area (Å²) in [5.74, 6) is -3.23. The number of nitrogens with one attached hydrogen (secondary N) is 1. The molecule has 0 radical (unpaired) electrons. The van der Waals surface area contributed by atoms with E-state index in [4.69, 9.17) is 5.26 Å². The van der Waals surface area contributed by atoms with Gasteiger partial charge in [0.25, 0.3) is 0 Å². The minimum atomic E-state index is -4.48. The van der Waals surface area contributed by atoms with Crippen LogP contribution in [0.1, 0.15) is 12.5 Å². The van der Waals surface area contributed by atoms with Crippen LogP contribution in [0.4, 0.5) is 18.9 Å². The summed E-state index contributed by atoms with van der Waals surface area (Å²) in [5, 5.41) is 11.0. The molecule has 0 saturated heterocycles. The van der Waals surface area contributed by atoms with Crippen molar-refractivity contribution in [3.05, 3.63) is 42.0 Å². The molecule has 1 atom stereocenters. The maximum atomic E-state index is 12.4. The molecular formula is C14H11F3N2O2. The molecule has 110 valence electrons. The number of halogens is 3. The molecule has 0 heterocycles. The van der Waals surface area contributed by atoms with Crippen molar-refractivity contribution in [1.29, 1.82) is 5.26 Å². The van der Waals surface area contributed by atoms with Crippen LogP contribution < -0.4 is 5.32 Å². The minimum Gasteiger partial charge on any atom is -0.325 e. The summed E-state index contributed by atoms with van der Waals surface area (Å²) in [4.78, 5) is 23.3. The average molecular weight is 296 g/mol. The molecular weight excluding hydrogens is 285 g/mol. The lowest BCUT2D eigenvalue weighted by atomic mass is 10.00. The van der Waals surface area contributed by atoms with E-state index in [-0.39, 0.29) is 11.3 Å². The number of ketones is 1. The van der Waals surface area contributed by atoms with Gasteiger partial charge in [-0.05, 0) is 36.8 Å². The highest BCUT2D eigenvalue weighted by atomic mass is 19.4. The molecule has 0 saturated carbocycles. The summed E-state index contributed by atoms with van der Waals surface area (Å²) >= 11 is 0. The average Bonchev–Trinajstić information content (AvgIpc) is 2.38. The molecule has 1 aromatic carbocycles. The molecule has 0 aliphatic carbocycles. The SMILES string of the molecule is C=C(C)C(=O)C(C#N)C(=O)Nc1ccc(C(F)(F)F)cc1. The third-order valence-corrected chi connectivity index (χ3v) is 2.55. The molecule has 0 aromatic heterocycles. The normalized spacial score (nSPS) is 12.1. The van der Waals surface area contributed by atoms with E-state index in [1.165, 1.54) is 13.0 Å². The second-order valence-electron chi connectivity index (χ2n) is 4.27. The quantitative estimate of drug-likeness (QED) is 0.686. The van der Waals surface area contributed by atoms with Gasteiger partial charge in [0.2, 0.25) is 5.91 Å². The smallest absolute Gasteiger partial charge is 0.325 e. The number of nitriles is 1. The van der Waals surface area contributed by atoms with E-state index in [1.807, 2.05) is 0 Å². The van der Waals surface area contributed by atoms with E-state index >= 15 is 0 Å². The zero-order chi connectivity index (χ0) is 16.2. The minimum absolute atomic E-state index is 0.0455. The van der Waals surface area contributed by atoms with Gasteiger partial charge in [-0.3, -0.25) is 9.59 Å². The predicted molar refractivity (Wildman–Crippen MR) is 69.0 cm³/mol. The molecule has 0 bridgehead atoms. The van der Waals surface area contributed by atoms with E-state index in [0.29, 0.717) is 0 Å². The molecule has 0 spiro atoms. The van der Waals surface area contributed by atoms with E-state index < -0.39 is 29.3 Å².